The molecule has 112 valence electrons. The second-order valence-electron chi connectivity index (χ2n) is 6.20. The fourth-order valence-electron chi connectivity index (χ4n) is 1.41. The predicted molar refractivity (Wildman–Crippen MR) is 72.1 cm³/mol. The maximum atomic E-state index is 10.9. The SMILES string of the molecule is CC(C)(CCCCOCCC(C)(C)C(=O)O)C(=O)O. The number of carboxylic acids is 2. The van der Waals surface area contributed by atoms with Crippen LogP contribution in [0.3, 0.4) is 0 Å². The van der Waals surface area contributed by atoms with Gasteiger partial charge in [-0.1, -0.05) is 6.42 Å². The van der Waals surface area contributed by atoms with E-state index in [2.05, 4.69) is 0 Å². The van der Waals surface area contributed by atoms with Crippen molar-refractivity contribution in [2.45, 2.75) is 53.4 Å². The van der Waals surface area contributed by atoms with E-state index < -0.39 is 22.8 Å². The lowest BCUT2D eigenvalue weighted by atomic mass is 9.87. The molecule has 0 fully saturated rings. The minimum absolute atomic E-state index is 0.418. The Labute approximate surface area is 115 Å². The van der Waals surface area contributed by atoms with Crippen LogP contribution in [-0.2, 0) is 14.3 Å². The van der Waals surface area contributed by atoms with Crippen LogP contribution in [-0.4, -0.2) is 35.4 Å². The minimum Gasteiger partial charge on any atom is -0.481 e. The highest BCUT2D eigenvalue weighted by molar-refractivity contribution is 5.73. The molecule has 0 saturated heterocycles. The van der Waals surface area contributed by atoms with Crippen LogP contribution in [0.15, 0.2) is 0 Å². The number of carboxylic acid groups (broad SMARTS) is 2. The first-order valence-corrected chi connectivity index (χ1v) is 6.64. The Morgan fingerprint density at radius 3 is 1.79 bits per heavy atom. The third-order valence-corrected chi connectivity index (χ3v) is 3.37. The van der Waals surface area contributed by atoms with E-state index in [0.717, 1.165) is 12.8 Å². The van der Waals surface area contributed by atoms with Gasteiger partial charge in [-0.3, -0.25) is 9.59 Å². The predicted octanol–water partition coefficient (Wildman–Crippen LogP) is 2.79. The zero-order valence-corrected chi connectivity index (χ0v) is 12.4. The molecule has 0 aliphatic heterocycles. The molecule has 0 atom stereocenters. The Morgan fingerprint density at radius 2 is 1.32 bits per heavy atom. The van der Waals surface area contributed by atoms with E-state index in [1.165, 1.54) is 0 Å². The lowest BCUT2D eigenvalue weighted by Crippen LogP contribution is -2.25. The molecule has 0 radical (unpaired) electrons. The van der Waals surface area contributed by atoms with Crippen molar-refractivity contribution < 1.29 is 24.5 Å². The summed E-state index contributed by atoms with van der Waals surface area (Å²) in [5.74, 6) is -1.60. The Morgan fingerprint density at radius 1 is 0.842 bits per heavy atom. The first kappa shape index (κ1) is 17.9. The number of carbonyl (C=O) groups is 2. The summed E-state index contributed by atoms with van der Waals surface area (Å²) in [7, 11) is 0. The van der Waals surface area contributed by atoms with Crippen molar-refractivity contribution in [1.29, 1.82) is 0 Å². The van der Waals surface area contributed by atoms with Gasteiger partial charge < -0.3 is 14.9 Å². The highest BCUT2D eigenvalue weighted by Crippen LogP contribution is 2.23. The van der Waals surface area contributed by atoms with Crippen molar-refractivity contribution in [3.63, 3.8) is 0 Å². The Kier molecular flexibility index (Phi) is 7.05. The van der Waals surface area contributed by atoms with Crippen LogP contribution in [0, 0.1) is 10.8 Å². The van der Waals surface area contributed by atoms with Crippen LogP contribution in [0.1, 0.15) is 53.4 Å². The van der Waals surface area contributed by atoms with E-state index in [1.807, 2.05) is 0 Å². The summed E-state index contributed by atoms with van der Waals surface area (Å²) >= 11 is 0. The topological polar surface area (TPSA) is 83.8 Å². The third-order valence-electron chi connectivity index (χ3n) is 3.37. The number of hydrogen-bond donors (Lipinski definition) is 2. The van der Waals surface area contributed by atoms with Crippen LogP contribution in [0.5, 0.6) is 0 Å². The Balaban J connectivity index is 3.63. The van der Waals surface area contributed by atoms with E-state index in [1.54, 1.807) is 27.7 Å². The van der Waals surface area contributed by atoms with Crippen molar-refractivity contribution in [2.75, 3.05) is 13.2 Å². The molecule has 0 heterocycles. The van der Waals surface area contributed by atoms with Crippen molar-refractivity contribution in [3.8, 4) is 0 Å². The van der Waals surface area contributed by atoms with Gasteiger partial charge in [-0.15, -0.1) is 0 Å². The summed E-state index contributed by atoms with van der Waals surface area (Å²) in [5.41, 5.74) is -1.45. The molecule has 0 aliphatic carbocycles. The second kappa shape index (κ2) is 7.48. The number of rotatable bonds is 10. The highest BCUT2D eigenvalue weighted by Gasteiger charge is 2.27. The average molecular weight is 274 g/mol. The molecule has 19 heavy (non-hydrogen) atoms. The van der Waals surface area contributed by atoms with Crippen LogP contribution in [0.25, 0.3) is 0 Å². The standard InChI is InChI=1S/C14H26O5/c1-13(2,11(15)16)7-5-6-9-19-10-8-14(3,4)12(17)18/h5-10H2,1-4H3,(H,15,16)(H,17,18). The smallest absolute Gasteiger partial charge is 0.309 e. The maximum absolute atomic E-state index is 10.9. The highest BCUT2D eigenvalue weighted by atomic mass is 16.5. The summed E-state index contributed by atoms with van der Waals surface area (Å²) < 4.78 is 5.38. The van der Waals surface area contributed by atoms with Crippen LogP contribution >= 0.6 is 0 Å². The number of hydrogen-bond acceptors (Lipinski definition) is 3. The zero-order valence-electron chi connectivity index (χ0n) is 12.4. The summed E-state index contributed by atoms with van der Waals surface area (Å²) in [6.07, 6.45) is 2.68. The van der Waals surface area contributed by atoms with Gasteiger partial charge in [0.2, 0.25) is 0 Å². The van der Waals surface area contributed by atoms with E-state index >= 15 is 0 Å². The summed E-state index contributed by atoms with van der Waals surface area (Å²) in [6, 6.07) is 0. The Hall–Kier alpha value is -1.10. The first-order valence-electron chi connectivity index (χ1n) is 6.64. The number of aliphatic carboxylic acids is 2. The van der Waals surface area contributed by atoms with Gasteiger partial charge in [0.15, 0.2) is 0 Å². The van der Waals surface area contributed by atoms with Gasteiger partial charge in [-0.2, -0.15) is 0 Å². The largest absolute Gasteiger partial charge is 0.481 e. The van der Waals surface area contributed by atoms with Gasteiger partial charge in [0.05, 0.1) is 10.8 Å². The molecular weight excluding hydrogens is 248 g/mol. The molecule has 2 N–H and O–H groups in total. The van der Waals surface area contributed by atoms with E-state index in [4.69, 9.17) is 14.9 Å². The molecule has 0 amide bonds. The van der Waals surface area contributed by atoms with Gasteiger partial charge in [0.25, 0.3) is 0 Å². The van der Waals surface area contributed by atoms with Crippen molar-refractivity contribution in [2.24, 2.45) is 10.8 Å². The maximum Gasteiger partial charge on any atom is 0.309 e. The fraction of sp³-hybridized carbons (Fsp3) is 0.857. The van der Waals surface area contributed by atoms with Crippen LogP contribution < -0.4 is 0 Å². The monoisotopic (exact) mass is 274 g/mol. The number of ether oxygens (including phenoxy) is 1. The Bertz CT molecular complexity index is 277. The van der Waals surface area contributed by atoms with Crippen molar-refractivity contribution in [3.05, 3.63) is 0 Å². The van der Waals surface area contributed by atoms with Gasteiger partial charge >= 0.3 is 11.9 Å². The summed E-state index contributed by atoms with van der Waals surface area (Å²) in [5, 5.41) is 17.8. The van der Waals surface area contributed by atoms with Crippen LogP contribution in [0.2, 0.25) is 0 Å². The van der Waals surface area contributed by atoms with Gasteiger partial charge in [0, 0.05) is 13.2 Å². The van der Waals surface area contributed by atoms with Gasteiger partial charge in [0.1, 0.15) is 0 Å². The summed E-state index contributed by atoms with van der Waals surface area (Å²) in [4.78, 5) is 21.7. The lowest BCUT2D eigenvalue weighted by Gasteiger charge is -2.19. The molecule has 5 heteroatoms. The zero-order chi connectivity index (χ0) is 15.1. The normalized spacial score (nSPS) is 12.4. The molecule has 0 bridgehead atoms. The van der Waals surface area contributed by atoms with Gasteiger partial charge in [-0.05, 0) is 47.0 Å². The summed E-state index contributed by atoms with van der Waals surface area (Å²) in [6.45, 7) is 7.74. The molecule has 0 aromatic carbocycles. The fourth-order valence-corrected chi connectivity index (χ4v) is 1.41. The quantitative estimate of drug-likeness (QED) is 0.598. The van der Waals surface area contributed by atoms with E-state index in [0.29, 0.717) is 26.1 Å². The van der Waals surface area contributed by atoms with E-state index in [-0.39, 0.29) is 0 Å². The molecule has 0 aromatic rings. The molecule has 5 nitrogen and oxygen atoms in total. The molecule has 0 aromatic heterocycles. The lowest BCUT2D eigenvalue weighted by molar-refractivity contribution is -0.148. The third kappa shape index (κ3) is 7.15. The molecule has 0 aliphatic rings. The van der Waals surface area contributed by atoms with Crippen LogP contribution in [0.4, 0.5) is 0 Å². The minimum atomic E-state index is -0.820. The molecule has 0 rings (SSSR count). The van der Waals surface area contributed by atoms with Crippen molar-refractivity contribution >= 4 is 11.9 Å². The first-order chi connectivity index (χ1) is 8.59. The molecule has 0 saturated carbocycles. The number of unbranched alkanes of at least 4 members (excludes halogenated alkanes) is 1. The molecule has 0 unspecified atom stereocenters. The average Bonchev–Trinajstić information content (AvgIpc) is 2.27. The molecular formula is C14H26O5. The van der Waals surface area contributed by atoms with E-state index in [9.17, 15) is 9.59 Å². The van der Waals surface area contributed by atoms with Crippen molar-refractivity contribution in [1.82, 2.24) is 0 Å². The molecule has 0 spiro atoms. The van der Waals surface area contributed by atoms with Gasteiger partial charge in [-0.25, -0.2) is 0 Å². The second-order valence-corrected chi connectivity index (χ2v) is 6.20.